The molecule has 0 bridgehead atoms. The zero-order valence-corrected chi connectivity index (χ0v) is 11.5. The van der Waals surface area contributed by atoms with Crippen LogP contribution in [0.15, 0.2) is 24.3 Å². The summed E-state index contributed by atoms with van der Waals surface area (Å²) in [6, 6.07) is 7.56. The molecule has 0 fully saturated rings. The lowest BCUT2D eigenvalue weighted by atomic mass is 10.2. The van der Waals surface area contributed by atoms with Crippen LogP contribution < -0.4 is 16.0 Å². The molecule has 0 atom stereocenters. The number of nitrogens with one attached hydrogen (secondary N) is 3. The summed E-state index contributed by atoms with van der Waals surface area (Å²) >= 11 is 0. The molecule has 0 radical (unpaired) electrons. The molecule has 104 valence electrons. The van der Waals surface area contributed by atoms with Crippen LogP contribution in [0, 0.1) is 6.92 Å². The fourth-order valence-electron chi connectivity index (χ4n) is 1.46. The van der Waals surface area contributed by atoms with Crippen molar-refractivity contribution in [1.29, 1.82) is 0 Å². The lowest BCUT2D eigenvalue weighted by molar-refractivity contribution is -0.120. The van der Waals surface area contributed by atoms with Gasteiger partial charge in [0.25, 0.3) is 0 Å². The molecule has 2 amide bonds. The zero-order valence-electron chi connectivity index (χ0n) is 11.5. The summed E-state index contributed by atoms with van der Waals surface area (Å²) in [7, 11) is 0. The summed E-state index contributed by atoms with van der Waals surface area (Å²) in [5.41, 5.74) is 1.90. The van der Waals surface area contributed by atoms with Crippen LogP contribution in [0.3, 0.4) is 0 Å². The number of amides is 2. The molecule has 0 aliphatic rings. The molecule has 0 spiro atoms. The molecule has 1 aromatic carbocycles. The summed E-state index contributed by atoms with van der Waals surface area (Å²) in [6.45, 7) is 4.91. The Hall–Kier alpha value is -1.88. The van der Waals surface area contributed by atoms with Gasteiger partial charge in [-0.15, -0.1) is 0 Å². The van der Waals surface area contributed by atoms with E-state index >= 15 is 0 Å². The molecule has 0 aliphatic carbocycles. The van der Waals surface area contributed by atoms with Crippen molar-refractivity contribution in [3.8, 4) is 0 Å². The molecule has 5 heteroatoms. The van der Waals surface area contributed by atoms with E-state index in [-0.39, 0.29) is 24.9 Å². The maximum absolute atomic E-state index is 11.6. The standard InChI is InChI=1S/C14H21N3O2/c1-3-8-16-13(18)9-15-10-14(19)17-12-6-4-11(2)5-7-12/h4-7,15H,3,8-10H2,1-2H3,(H,16,18)(H,17,19). The largest absolute Gasteiger partial charge is 0.355 e. The first-order valence-electron chi connectivity index (χ1n) is 6.45. The van der Waals surface area contributed by atoms with E-state index in [9.17, 15) is 9.59 Å². The predicted octanol–water partition coefficient (Wildman–Crippen LogP) is 1.05. The SMILES string of the molecule is CCCNC(=O)CNCC(=O)Nc1ccc(C)cc1. The van der Waals surface area contributed by atoms with Crippen LogP contribution in [0.4, 0.5) is 5.69 Å². The first-order chi connectivity index (χ1) is 9.11. The van der Waals surface area contributed by atoms with Gasteiger partial charge in [0, 0.05) is 12.2 Å². The van der Waals surface area contributed by atoms with Gasteiger partial charge in [-0.2, -0.15) is 0 Å². The Morgan fingerprint density at radius 3 is 2.32 bits per heavy atom. The van der Waals surface area contributed by atoms with Crippen molar-refractivity contribution in [1.82, 2.24) is 10.6 Å². The number of benzene rings is 1. The molecule has 3 N–H and O–H groups in total. The minimum Gasteiger partial charge on any atom is -0.355 e. The number of anilines is 1. The summed E-state index contributed by atoms with van der Waals surface area (Å²) in [5, 5.41) is 8.28. The Morgan fingerprint density at radius 2 is 1.68 bits per heavy atom. The quantitative estimate of drug-likeness (QED) is 0.688. The number of carbonyl (C=O) groups excluding carboxylic acids is 2. The lowest BCUT2D eigenvalue weighted by Gasteiger charge is -2.07. The van der Waals surface area contributed by atoms with E-state index in [1.54, 1.807) is 0 Å². The third kappa shape index (κ3) is 6.57. The second kappa shape index (κ2) is 8.26. The van der Waals surface area contributed by atoms with Gasteiger partial charge in [-0.25, -0.2) is 0 Å². The van der Waals surface area contributed by atoms with Crippen molar-refractivity contribution in [2.45, 2.75) is 20.3 Å². The highest BCUT2D eigenvalue weighted by molar-refractivity contribution is 5.92. The van der Waals surface area contributed by atoms with Crippen LogP contribution in [0.25, 0.3) is 0 Å². The fraction of sp³-hybridized carbons (Fsp3) is 0.429. The van der Waals surface area contributed by atoms with Crippen molar-refractivity contribution >= 4 is 17.5 Å². The fourth-order valence-corrected chi connectivity index (χ4v) is 1.46. The van der Waals surface area contributed by atoms with Crippen molar-refractivity contribution in [2.75, 3.05) is 25.0 Å². The van der Waals surface area contributed by atoms with E-state index in [2.05, 4.69) is 16.0 Å². The molecule has 0 heterocycles. The minimum atomic E-state index is -0.160. The maximum Gasteiger partial charge on any atom is 0.238 e. The average Bonchev–Trinajstić information content (AvgIpc) is 2.39. The molecule has 0 aliphatic heterocycles. The average molecular weight is 263 g/mol. The van der Waals surface area contributed by atoms with Gasteiger partial charge in [0.2, 0.25) is 11.8 Å². The normalized spacial score (nSPS) is 10.0. The Morgan fingerprint density at radius 1 is 1.05 bits per heavy atom. The van der Waals surface area contributed by atoms with E-state index in [0.717, 1.165) is 17.7 Å². The second-order valence-electron chi connectivity index (χ2n) is 4.37. The van der Waals surface area contributed by atoms with Crippen LogP contribution in [-0.2, 0) is 9.59 Å². The molecule has 0 unspecified atom stereocenters. The van der Waals surface area contributed by atoms with Crippen molar-refractivity contribution in [3.05, 3.63) is 29.8 Å². The van der Waals surface area contributed by atoms with Crippen LogP contribution in [0.5, 0.6) is 0 Å². The number of hydrogen-bond acceptors (Lipinski definition) is 3. The second-order valence-corrected chi connectivity index (χ2v) is 4.37. The van der Waals surface area contributed by atoms with Gasteiger partial charge in [-0.1, -0.05) is 24.6 Å². The number of hydrogen-bond donors (Lipinski definition) is 3. The van der Waals surface area contributed by atoms with Gasteiger partial charge in [-0.05, 0) is 25.5 Å². The van der Waals surface area contributed by atoms with E-state index in [0.29, 0.717) is 6.54 Å². The molecule has 19 heavy (non-hydrogen) atoms. The number of aryl methyl sites for hydroxylation is 1. The Balaban J connectivity index is 2.21. The van der Waals surface area contributed by atoms with Crippen LogP contribution in [0.2, 0.25) is 0 Å². The van der Waals surface area contributed by atoms with E-state index in [1.165, 1.54) is 0 Å². The first-order valence-corrected chi connectivity index (χ1v) is 6.45. The summed E-state index contributed by atoms with van der Waals surface area (Å²) < 4.78 is 0. The molecule has 1 aromatic rings. The summed E-state index contributed by atoms with van der Waals surface area (Å²) in [6.07, 6.45) is 0.902. The molecule has 0 saturated heterocycles. The highest BCUT2D eigenvalue weighted by Crippen LogP contribution is 2.07. The van der Waals surface area contributed by atoms with Gasteiger partial charge in [0.15, 0.2) is 0 Å². The smallest absolute Gasteiger partial charge is 0.238 e. The monoisotopic (exact) mass is 263 g/mol. The molecule has 5 nitrogen and oxygen atoms in total. The van der Waals surface area contributed by atoms with Crippen LogP contribution >= 0.6 is 0 Å². The van der Waals surface area contributed by atoms with Gasteiger partial charge < -0.3 is 10.6 Å². The lowest BCUT2D eigenvalue weighted by Crippen LogP contribution is -2.37. The molecular formula is C14H21N3O2. The van der Waals surface area contributed by atoms with Crippen molar-refractivity contribution < 1.29 is 9.59 Å². The Kier molecular flexibility index (Phi) is 6.60. The van der Waals surface area contributed by atoms with Gasteiger partial charge in [0.05, 0.1) is 13.1 Å². The van der Waals surface area contributed by atoms with Gasteiger partial charge >= 0.3 is 0 Å². The first kappa shape index (κ1) is 15.2. The number of carbonyl (C=O) groups is 2. The highest BCUT2D eigenvalue weighted by Gasteiger charge is 2.04. The van der Waals surface area contributed by atoms with Gasteiger partial charge in [-0.3, -0.25) is 14.9 Å². The third-order valence-electron chi connectivity index (χ3n) is 2.48. The molecule has 0 aromatic heterocycles. The van der Waals surface area contributed by atoms with Crippen molar-refractivity contribution in [2.24, 2.45) is 0 Å². The molecule has 0 saturated carbocycles. The third-order valence-corrected chi connectivity index (χ3v) is 2.48. The van der Waals surface area contributed by atoms with Crippen LogP contribution in [0.1, 0.15) is 18.9 Å². The molecule has 1 rings (SSSR count). The van der Waals surface area contributed by atoms with E-state index < -0.39 is 0 Å². The summed E-state index contributed by atoms with van der Waals surface area (Å²) in [5.74, 6) is -0.253. The zero-order chi connectivity index (χ0) is 14.1. The van der Waals surface area contributed by atoms with Crippen molar-refractivity contribution in [3.63, 3.8) is 0 Å². The topological polar surface area (TPSA) is 70.2 Å². The summed E-state index contributed by atoms with van der Waals surface area (Å²) in [4.78, 5) is 22.9. The Bertz CT molecular complexity index is 415. The predicted molar refractivity (Wildman–Crippen MR) is 76.0 cm³/mol. The van der Waals surface area contributed by atoms with E-state index in [4.69, 9.17) is 0 Å². The van der Waals surface area contributed by atoms with Crippen LogP contribution in [-0.4, -0.2) is 31.4 Å². The van der Waals surface area contributed by atoms with Gasteiger partial charge in [0.1, 0.15) is 0 Å². The maximum atomic E-state index is 11.6. The number of rotatable bonds is 7. The Labute approximate surface area is 113 Å². The molecular weight excluding hydrogens is 242 g/mol. The minimum absolute atomic E-state index is 0.0926. The highest BCUT2D eigenvalue weighted by atomic mass is 16.2. The van der Waals surface area contributed by atoms with E-state index in [1.807, 2.05) is 38.1 Å².